The van der Waals surface area contributed by atoms with Crippen LogP contribution >= 0.6 is 0 Å². The second kappa shape index (κ2) is 5.77. The number of nitrogens with zero attached hydrogens (tertiary/aromatic N) is 4. The van der Waals surface area contributed by atoms with Crippen molar-refractivity contribution < 1.29 is 9.90 Å². The van der Waals surface area contributed by atoms with Gasteiger partial charge in [-0.05, 0) is 32.6 Å². The van der Waals surface area contributed by atoms with Gasteiger partial charge in [-0.15, -0.1) is 0 Å². The Morgan fingerprint density at radius 2 is 2.25 bits per heavy atom. The van der Waals surface area contributed by atoms with Gasteiger partial charge in [0.15, 0.2) is 5.82 Å². The number of nitrogens with one attached hydrogen (secondary N) is 2. The van der Waals surface area contributed by atoms with Crippen molar-refractivity contribution in [2.45, 2.75) is 44.6 Å². The van der Waals surface area contributed by atoms with Gasteiger partial charge >= 0.3 is 0 Å². The molecule has 2 aromatic heterocycles. The fourth-order valence-electron chi connectivity index (χ4n) is 3.07. The minimum absolute atomic E-state index is 0.410. The zero-order valence-electron chi connectivity index (χ0n) is 13.5. The van der Waals surface area contributed by atoms with Crippen LogP contribution in [0, 0.1) is 6.92 Å². The molecule has 2 fully saturated rings. The molecular weight excluding hydrogens is 308 g/mol. The monoisotopic (exact) mass is 327 g/mol. The van der Waals surface area contributed by atoms with Gasteiger partial charge in [-0.1, -0.05) is 0 Å². The lowest BCUT2D eigenvalue weighted by Gasteiger charge is -2.25. The summed E-state index contributed by atoms with van der Waals surface area (Å²) >= 11 is 0. The number of aliphatic carboxylic acids is 1. The first-order valence-corrected chi connectivity index (χ1v) is 8.25. The third-order valence-electron chi connectivity index (χ3n) is 4.60. The molecule has 3 heterocycles. The molecule has 0 bridgehead atoms. The van der Waals surface area contributed by atoms with E-state index in [1.807, 2.05) is 13.0 Å². The molecule has 0 aromatic carbocycles. The predicted octanol–water partition coefficient (Wildman–Crippen LogP) is 0.848. The zero-order chi connectivity index (χ0) is 16.7. The highest BCUT2D eigenvalue weighted by Gasteiger charge is 2.28. The summed E-state index contributed by atoms with van der Waals surface area (Å²) in [7, 11) is 0. The summed E-state index contributed by atoms with van der Waals surface area (Å²) in [4.78, 5) is 21.8. The van der Waals surface area contributed by atoms with Crippen LogP contribution in [0.2, 0.25) is 0 Å². The zero-order valence-corrected chi connectivity index (χ0v) is 13.5. The van der Waals surface area contributed by atoms with Gasteiger partial charge in [-0.2, -0.15) is 10.1 Å². The number of aryl methyl sites for hydroxylation is 1. The van der Waals surface area contributed by atoms with Crippen LogP contribution in [0.15, 0.2) is 12.3 Å². The molecule has 0 spiro atoms. The standard InChI is InChI=1S/C16H20N6O2/c1-9-8-17-16(22-6-2-3-12(22)15(23)24)19-14(9)18-13-7-11(20-21-13)10-4-5-10/h7-8,10,12H,2-6H2,1H3,(H,23,24)(H2,17,18,19,20,21)/p-1. The Morgan fingerprint density at radius 1 is 1.42 bits per heavy atom. The minimum atomic E-state index is -1.08. The molecule has 126 valence electrons. The van der Waals surface area contributed by atoms with Crippen LogP contribution in [0.4, 0.5) is 17.6 Å². The molecule has 1 aliphatic heterocycles. The van der Waals surface area contributed by atoms with Crippen LogP contribution < -0.4 is 15.3 Å². The minimum Gasteiger partial charge on any atom is -0.548 e. The van der Waals surface area contributed by atoms with Crippen LogP contribution in [0.25, 0.3) is 0 Å². The molecule has 2 aliphatic rings. The van der Waals surface area contributed by atoms with Crippen molar-refractivity contribution in [2.75, 3.05) is 16.8 Å². The second-order valence-corrected chi connectivity index (χ2v) is 6.48. The average molecular weight is 327 g/mol. The molecule has 4 rings (SSSR count). The molecule has 1 saturated heterocycles. The number of carbonyl (C=O) groups is 1. The number of anilines is 3. The number of carboxylic acid groups (broad SMARTS) is 1. The first-order valence-electron chi connectivity index (χ1n) is 8.25. The van der Waals surface area contributed by atoms with E-state index in [-0.39, 0.29) is 0 Å². The molecule has 1 saturated carbocycles. The van der Waals surface area contributed by atoms with Gasteiger partial charge in [0.25, 0.3) is 0 Å². The van der Waals surface area contributed by atoms with E-state index < -0.39 is 12.0 Å². The van der Waals surface area contributed by atoms with Crippen LogP contribution in [-0.4, -0.2) is 38.7 Å². The normalized spacial score (nSPS) is 20.4. The summed E-state index contributed by atoms with van der Waals surface area (Å²) in [6.45, 7) is 2.52. The van der Waals surface area contributed by atoms with Crippen molar-refractivity contribution in [3.05, 3.63) is 23.5 Å². The molecular formula is C16H19N6O2-. The van der Waals surface area contributed by atoms with Gasteiger partial charge in [0.2, 0.25) is 5.95 Å². The van der Waals surface area contributed by atoms with Crippen molar-refractivity contribution in [1.29, 1.82) is 0 Å². The smallest absolute Gasteiger partial charge is 0.227 e. The van der Waals surface area contributed by atoms with E-state index in [4.69, 9.17) is 0 Å². The third kappa shape index (κ3) is 2.79. The van der Waals surface area contributed by atoms with E-state index in [1.165, 1.54) is 12.8 Å². The maximum absolute atomic E-state index is 11.3. The molecule has 1 atom stereocenters. The van der Waals surface area contributed by atoms with E-state index in [9.17, 15) is 9.90 Å². The van der Waals surface area contributed by atoms with Gasteiger partial charge in [0.05, 0.1) is 12.0 Å². The summed E-state index contributed by atoms with van der Waals surface area (Å²) in [5.74, 6) is 1.28. The second-order valence-electron chi connectivity index (χ2n) is 6.48. The number of hydrogen-bond donors (Lipinski definition) is 2. The van der Waals surface area contributed by atoms with Gasteiger partial charge in [0, 0.05) is 36.0 Å². The van der Waals surface area contributed by atoms with Gasteiger partial charge in [-0.25, -0.2) is 4.98 Å². The Hall–Kier alpha value is -2.64. The topological polar surface area (TPSA) is 110 Å². The summed E-state index contributed by atoms with van der Waals surface area (Å²) in [6.07, 6.45) is 5.47. The molecule has 1 unspecified atom stereocenters. The van der Waals surface area contributed by atoms with Crippen molar-refractivity contribution in [1.82, 2.24) is 20.2 Å². The number of carbonyl (C=O) groups excluding carboxylic acids is 1. The molecule has 0 amide bonds. The number of carboxylic acids is 1. The molecule has 2 aromatic rings. The van der Waals surface area contributed by atoms with E-state index >= 15 is 0 Å². The fourth-order valence-corrected chi connectivity index (χ4v) is 3.07. The number of aromatic amines is 1. The molecule has 8 heteroatoms. The van der Waals surface area contributed by atoms with Crippen LogP contribution in [0.1, 0.15) is 42.9 Å². The Balaban J connectivity index is 1.57. The van der Waals surface area contributed by atoms with Crippen molar-refractivity contribution in [3.63, 3.8) is 0 Å². The number of H-pyrrole nitrogens is 1. The highest BCUT2D eigenvalue weighted by Crippen LogP contribution is 2.39. The third-order valence-corrected chi connectivity index (χ3v) is 4.60. The Morgan fingerprint density at radius 3 is 3.00 bits per heavy atom. The molecule has 24 heavy (non-hydrogen) atoms. The predicted molar refractivity (Wildman–Crippen MR) is 86.0 cm³/mol. The Kier molecular flexibility index (Phi) is 3.59. The summed E-state index contributed by atoms with van der Waals surface area (Å²) < 4.78 is 0. The lowest BCUT2D eigenvalue weighted by atomic mass is 10.2. The average Bonchev–Trinajstić information content (AvgIpc) is 3.10. The van der Waals surface area contributed by atoms with Crippen molar-refractivity contribution in [2.24, 2.45) is 0 Å². The molecule has 8 nitrogen and oxygen atoms in total. The van der Waals surface area contributed by atoms with Crippen molar-refractivity contribution >= 4 is 23.6 Å². The maximum Gasteiger partial charge on any atom is 0.227 e. The lowest BCUT2D eigenvalue weighted by Crippen LogP contribution is -2.45. The van der Waals surface area contributed by atoms with E-state index in [0.29, 0.717) is 36.5 Å². The van der Waals surface area contributed by atoms with Gasteiger partial charge < -0.3 is 20.1 Å². The molecule has 2 N–H and O–H groups in total. The van der Waals surface area contributed by atoms with Gasteiger partial charge in [0.1, 0.15) is 5.82 Å². The van der Waals surface area contributed by atoms with Crippen LogP contribution in [0.3, 0.4) is 0 Å². The SMILES string of the molecule is Cc1cnc(N2CCCC2C(=O)[O-])nc1Nc1cc(C2CC2)[nH]n1. The largest absolute Gasteiger partial charge is 0.548 e. The fraction of sp³-hybridized carbons (Fsp3) is 0.500. The van der Waals surface area contributed by atoms with Crippen LogP contribution in [0.5, 0.6) is 0 Å². The highest BCUT2D eigenvalue weighted by atomic mass is 16.4. The maximum atomic E-state index is 11.3. The summed E-state index contributed by atoms with van der Waals surface area (Å²) in [5.41, 5.74) is 2.01. The number of rotatable bonds is 5. The highest BCUT2D eigenvalue weighted by molar-refractivity contribution is 5.76. The first-order chi connectivity index (χ1) is 11.6. The lowest BCUT2D eigenvalue weighted by molar-refractivity contribution is -0.307. The first kappa shape index (κ1) is 14.9. The van der Waals surface area contributed by atoms with E-state index in [0.717, 1.165) is 17.7 Å². The summed E-state index contributed by atoms with van der Waals surface area (Å²) in [6, 6.07) is 1.34. The van der Waals surface area contributed by atoms with E-state index in [2.05, 4.69) is 25.5 Å². The molecule has 1 aliphatic carbocycles. The van der Waals surface area contributed by atoms with Crippen molar-refractivity contribution in [3.8, 4) is 0 Å². The number of aromatic nitrogens is 4. The molecule has 0 radical (unpaired) electrons. The Bertz CT molecular complexity index is 770. The summed E-state index contributed by atoms with van der Waals surface area (Å²) in [5, 5.41) is 21.8. The van der Waals surface area contributed by atoms with Gasteiger partial charge in [-0.3, -0.25) is 5.10 Å². The van der Waals surface area contributed by atoms with Crippen LogP contribution in [-0.2, 0) is 4.79 Å². The Labute approximate surface area is 139 Å². The number of hydrogen-bond acceptors (Lipinski definition) is 7. The van der Waals surface area contributed by atoms with E-state index in [1.54, 1.807) is 11.1 Å². The quantitative estimate of drug-likeness (QED) is 0.837.